The van der Waals surface area contributed by atoms with Crippen LogP contribution in [0.5, 0.6) is 0 Å². The molecule has 0 bridgehead atoms. The molecule has 54 heavy (non-hydrogen) atoms. The average molecular weight is 779 g/mol. The number of nitrogens with one attached hydrogen (secondary N) is 5. The van der Waals surface area contributed by atoms with Crippen molar-refractivity contribution in [3.05, 3.63) is 48.0 Å². The molecule has 1 unspecified atom stereocenters. The molecule has 0 aromatic heterocycles. The fraction of sp³-hybridized carbons (Fsp3) is 0.541. The summed E-state index contributed by atoms with van der Waals surface area (Å²) in [5, 5.41) is 39.7. The normalized spacial score (nSPS) is 13.0. The zero-order valence-corrected chi connectivity index (χ0v) is 32.3. The van der Waals surface area contributed by atoms with Crippen LogP contribution in [0.1, 0.15) is 70.3 Å². The first kappa shape index (κ1) is 49.1. The van der Waals surface area contributed by atoms with E-state index in [9.17, 15) is 33.6 Å². The summed E-state index contributed by atoms with van der Waals surface area (Å²) in [7, 11) is 0. The maximum Gasteiger partial charge on any atom is 0.326 e. The SMILES string of the molecule is CCCCNC(=O)CNC=O.CSCC(N)C(=O)NCC1CCCCC1.Cc1ccc2ccccc2c1.O=C(O)CC[C@@H](NC(=O)NCC(=O)O)C(=O)O. The number of benzene rings is 2. The second-order valence-electron chi connectivity index (χ2n) is 12.4. The van der Waals surface area contributed by atoms with Crippen LogP contribution in [0.25, 0.3) is 10.8 Å². The van der Waals surface area contributed by atoms with Crippen molar-refractivity contribution < 1.29 is 48.9 Å². The summed E-state index contributed by atoms with van der Waals surface area (Å²) in [4.78, 5) is 74.0. The number of amides is 5. The molecular weight excluding hydrogens is 721 g/mol. The van der Waals surface area contributed by atoms with Gasteiger partial charge in [-0.1, -0.05) is 80.6 Å². The van der Waals surface area contributed by atoms with E-state index in [-0.39, 0.29) is 30.8 Å². The number of carbonyl (C=O) groups excluding carboxylic acids is 4. The number of carbonyl (C=O) groups is 7. The minimum Gasteiger partial charge on any atom is -0.481 e. The number of nitrogens with two attached hydrogens (primary N) is 1. The number of hydrogen-bond donors (Lipinski definition) is 9. The number of rotatable bonds is 18. The van der Waals surface area contributed by atoms with E-state index in [4.69, 9.17) is 21.1 Å². The number of urea groups is 1. The number of carboxylic acid groups (broad SMARTS) is 3. The first-order chi connectivity index (χ1) is 25.7. The van der Waals surface area contributed by atoms with Gasteiger partial charge in [-0.15, -0.1) is 0 Å². The molecule has 16 nitrogen and oxygen atoms in total. The quantitative estimate of drug-likeness (QED) is 0.0782. The molecule has 0 saturated heterocycles. The van der Waals surface area contributed by atoms with Gasteiger partial charge in [0, 0.05) is 25.3 Å². The van der Waals surface area contributed by atoms with Crippen LogP contribution in [0.3, 0.4) is 0 Å². The molecule has 2 aromatic rings. The van der Waals surface area contributed by atoms with E-state index in [2.05, 4.69) is 72.3 Å². The number of thioether (sulfide) groups is 1. The lowest BCUT2D eigenvalue weighted by Gasteiger charge is -2.22. The maximum absolute atomic E-state index is 11.5. The van der Waals surface area contributed by atoms with Crippen molar-refractivity contribution in [2.75, 3.05) is 38.2 Å². The summed E-state index contributed by atoms with van der Waals surface area (Å²) >= 11 is 1.61. The van der Waals surface area contributed by atoms with Crippen LogP contribution in [-0.4, -0.2) is 108 Å². The van der Waals surface area contributed by atoms with Crippen molar-refractivity contribution >= 4 is 64.7 Å². The fourth-order valence-corrected chi connectivity index (χ4v) is 5.33. The molecule has 0 spiro atoms. The number of hydrogen-bond acceptors (Lipinski definition) is 9. The van der Waals surface area contributed by atoms with E-state index < -0.39 is 42.9 Å². The van der Waals surface area contributed by atoms with Gasteiger partial charge >= 0.3 is 23.9 Å². The van der Waals surface area contributed by atoms with Gasteiger partial charge in [0.15, 0.2) is 0 Å². The van der Waals surface area contributed by atoms with Crippen molar-refractivity contribution in [2.45, 2.75) is 83.7 Å². The minimum absolute atomic E-state index is 0.00919. The smallest absolute Gasteiger partial charge is 0.326 e. The molecule has 2 aromatic carbocycles. The molecule has 302 valence electrons. The van der Waals surface area contributed by atoms with Gasteiger partial charge in [-0.05, 0) is 55.6 Å². The third-order valence-corrected chi connectivity index (χ3v) is 8.42. The van der Waals surface area contributed by atoms with Crippen LogP contribution in [0.15, 0.2) is 42.5 Å². The second-order valence-corrected chi connectivity index (χ2v) is 13.3. The Labute approximate surface area is 321 Å². The van der Waals surface area contributed by atoms with E-state index in [1.165, 1.54) is 48.4 Å². The topological polar surface area (TPSA) is 266 Å². The van der Waals surface area contributed by atoms with Gasteiger partial charge < -0.3 is 47.6 Å². The van der Waals surface area contributed by atoms with Crippen LogP contribution < -0.4 is 32.3 Å². The highest BCUT2D eigenvalue weighted by atomic mass is 32.2. The Morgan fingerprint density at radius 1 is 0.907 bits per heavy atom. The van der Waals surface area contributed by atoms with Crippen molar-refractivity contribution in [2.24, 2.45) is 11.7 Å². The van der Waals surface area contributed by atoms with Crippen molar-refractivity contribution in [3.63, 3.8) is 0 Å². The number of aliphatic carboxylic acids is 3. The molecule has 17 heteroatoms. The highest BCUT2D eigenvalue weighted by molar-refractivity contribution is 7.98. The number of fused-ring (bicyclic) bond motifs is 1. The molecule has 3 rings (SSSR count). The van der Waals surface area contributed by atoms with Crippen molar-refractivity contribution in [3.8, 4) is 0 Å². The summed E-state index contributed by atoms with van der Waals surface area (Å²) in [5.41, 5.74) is 7.03. The summed E-state index contributed by atoms with van der Waals surface area (Å²) in [6, 6.07) is 12.2. The minimum atomic E-state index is -1.39. The van der Waals surface area contributed by atoms with Gasteiger partial charge in [-0.2, -0.15) is 11.8 Å². The van der Waals surface area contributed by atoms with Gasteiger partial charge in [-0.25, -0.2) is 9.59 Å². The van der Waals surface area contributed by atoms with Crippen LogP contribution in [0.2, 0.25) is 0 Å². The van der Waals surface area contributed by atoms with Crippen molar-refractivity contribution in [1.82, 2.24) is 26.6 Å². The van der Waals surface area contributed by atoms with E-state index in [1.54, 1.807) is 11.8 Å². The van der Waals surface area contributed by atoms with Gasteiger partial charge in [0.05, 0.1) is 12.6 Å². The largest absolute Gasteiger partial charge is 0.481 e. The van der Waals surface area contributed by atoms with Gasteiger partial charge in [0.1, 0.15) is 12.6 Å². The average Bonchev–Trinajstić information content (AvgIpc) is 3.15. The van der Waals surface area contributed by atoms with Crippen LogP contribution >= 0.6 is 11.8 Å². The summed E-state index contributed by atoms with van der Waals surface area (Å²) in [6.45, 7) is 5.10. The number of carboxylic acids is 3. The van der Waals surface area contributed by atoms with Gasteiger partial charge in [0.2, 0.25) is 18.2 Å². The monoisotopic (exact) mass is 778 g/mol. The molecule has 0 radical (unpaired) electrons. The highest BCUT2D eigenvalue weighted by Gasteiger charge is 2.21. The molecular formula is C37H58N6O10S. The van der Waals surface area contributed by atoms with Gasteiger partial charge in [0.25, 0.3) is 0 Å². The third-order valence-electron chi connectivity index (χ3n) is 7.73. The highest BCUT2D eigenvalue weighted by Crippen LogP contribution is 2.22. The number of unbranched alkanes of at least 4 members (excludes halogenated alkanes) is 1. The molecule has 0 heterocycles. The van der Waals surface area contributed by atoms with Crippen molar-refractivity contribution in [1.29, 1.82) is 0 Å². The van der Waals surface area contributed by atoms with E-state index in [0.717, 1.165) is 19.4 Å². The molecule has 0 aliphatic heterocycles. The van der Waals surface area contributed by atoms with Crippen LogP contribution in [0, 0.1) is 12.8 Å². The molecule has 1 saturated carbocycles. The number of aryl methyl sites for hydroxylation is 1. The Morgan fingerprint density at radius 2 is 1.57 bits per heavy atom. The van der Waals surface area contributed by atoms with E-state index >= 15 is 0 Å². The fourth-order valence-electron chi connectivity index (χ4n) is 4.82. The Bertz CT molecular complexity index is 1440. The molecule has 1 fully saturated rings. The van der Waals surface area contributed by atoms with E-state index in [0.29, 0.717) is 24.6 Å². The van der Waals surface area contributed by atoms with Crippen LogP contribution in [-0.2, 0) is 28.8 Å². The maximum atomic E-state index is 11.5. The Kier molecular flexibility index (Phi) is 27.8. The lowest BCUT2D eigenvalue weighted by atomic mass is 9.89. The Morgan fingerprint density at radius 3 is 2.15 bits per heavy atom. The summed E-state index contributed by atoms with van der Waals surface area (Å²) < 4.78 is 0. The first-order valence-electron chi connectivity index (χ1n) is 17.9. The summed E-state index contributed by atoms with van der Waals surface area (Å²) in [6.07, 6.45) is 10.3. The van der Waals surface area contributed by atoms with Gasteiger partial charge in [-0.3, -0.25) is 24.0 Å². The molecule has 5 amide bonds. The Hall–Kier alpha value is -4.90. The zero-order chi connectivity index (χ0) is 40.7. The molecule has 1 aliphatic rings. The first-order valence-corrected chi connectivity index (χ1v) is 19.2. The zero-order valence-electron chi connectivity index (χ0n) is 31.4. The lowest BCUT2D eigenvalue weighted by Crippen LogP contribution is -2.47. The Balaban J connectivity index is 0.000000704. The van der Waals surface area contributed by atoms with Crippen LogP contribution in [0.4, 0.5) is 4.79 Å². The molecule has 1 aliphatic carbocycles. The molecule has 2 atom stereocenters. The lowest BCUT2D eigenvalue weighted by molar-refractivity contribution is -0.140. The predicted octanol–water partition coefficient (Wildman–Crippen LogP) is 2.86. The standard InChI is InChI=1S/C11H22N2OS.C11H10.C8H12N2O7.C7H14N2O2/c1-15-8-10(12)11(14)13-7-9-5-3-2-4-6-9;1-9-6-7-10-4-2-3-5-11(10)8-9;11-5(12)2-1-4(7(15)16)10-8(17)9-3-6(13)14;1-2-3-4-9-7(11)5-8-6-10/h9-10H,2-8,12H2,1H3,(H,13,14);2-8H,1H3;4H,1-3H2,(H,11,12)(H,13,14)(H,15,16)(H2,9,10,17);6H,2-5H2,1H3,(H,8,10)(H,9,11)/t;;4-;/m..1./s1. The summed E-state index contributed by atoms with van der Waals surface area (Å²) in [5.74, 6) is -2.60. The predicted molar refractivity (Wildman–Crippen MR) is 209 cm³/mol. The van der Waals surface area contributed by atoms with E-state index in [1.807, 2.05) is 16.9 Å². The second kappa shape index (κ2) is 30.6. The third kappa shape index (κ3) is 26.0. The molecule has 10 N–H and O–H groups in total.